The van der Waals surface area contributed by atoms with E-state index in [2.05, 4.69) is 0 Å². The van der Waals surface area contributed by atoms with Crippen molar-refractivity contribution in [3.8, 4) is 28.7 Å². The Morgan fingerprint density at radius 1 is 0.432 bits per heavy atom. The van der Waals surface area contributed by atoms with Gasteiger partial charge < -0.3 is 23.0 Å². The molecule has 186 valence electrons. The smallest absolute Gasteiger partial charge is 0.445 e. The van der Waals surface area contributed by atoms with Crippen molar-refractivity contribution in [1.29, 1.82) is 0 Å². The highest BCUT2D eigenvalue weighted by Crippen LogP contribution is 2.43. The fourth-order valence-electron chi connectivity index (χ4n) is 3.33. The Morgan fingerprint density at radius 2 is 0.892 bits per heavy atom. The van der Waals surface area contributed by atoms with Gasteiger partial charge >= 0.3 is 8.60 Å². The fourth-order valence-corrected chi connectivity index (χ4v) is 4.95. The second-order valence-electron chi connectivity index (χ2n) is 7.80. The predicted octanol–water partition coefficient (Wildman–Crippen LogP) is 8.93. The first-order valence-electron chi connectivity index (χ1n) is 11.5. The van der Waals surface area contributed by atoms with E-state index in [0.29, 0.717) is 28.7 Å². The second-order valence-corrected chi connectivity index (χ2v) is 10.0. The molecule has 5 rings (SSSR count). The highest BCUT2D eigenvalue weighted by atomic mass is 31.2. The summed E-state index contributed by atoms with van der Waals surface area (Å²) in [6.45, 7) is 1.83. The van der Waals surface area contributed by atoms with Gasteiger partial charge in [0.25, 0.3) is 8.38 Å². The highest BCUT2D eigenvalue weighted by Gasteiger charge is 2.20. The molecule has 6 nitrogen and oxygen atoms in total. The Bertz CT molecular complexity index is 1360. The van der Waals surface area contributed by atoms with Crippen molar-refractivity contribution in [3.05, 3.63) is 127 Å². The lowest BCUT2D eigenvalue weighted by atomic mass is 10.1. The Morgan fingerprint density at radius 3 is 1.43 bits per heavy atom. The third-order valence-corrected chi connectivity index (χ3v) is 6.86. The molecule has 5 aromatic carbocycles. The quantitative estimate of drug-likeness (QED) is 0.0965. The molecule has 37 heavy (non-hydrogen) atoms. The second kappa shape index (κ2) is 12.4. The van der Waals surface area contributed by atoms with Gasteiger partial charge in [-0.15, -0.1) is 4.67 Å². The average Bonchev–Trinajstić information content (AvgIpc) is 2.93. The SMILES string of the molecule is CP(OOc1ccccc1)Oc1ccc2ccc(OP(Oc3ccccc3)Oc3ccccc3)cc2c1. The summed E-state index contributed by atoms with van der Waals surface area (Å²) in [5.74, 6) is 3.22. The van der Waals surface area contributed by atoms with E-state index >= 15 is 0 Å². The number of benzene rings is 5. The van der Waals surface area contributed by atoms with Gasteiger partial charge in [0.1, 0.15) is 23.0 Å². The van der Waals surface area contributed by atoms with E-state index in [1.54, 1.807) is 0 Å². The standard InChI is InChI=1S/C29H24O6P2/c1-36(35-30-25-11-5-2-6-12-25)31-28-19-17-23-18-20-29(22-24(23)21-28)34-37(32-26-13-7-3-8-14-26)33-27-15-9-4-10-16-27/h2-22H,1H3. The van der Waals surface area contributed by atoms with Gasteiger partial charge in [-0.1, -0.05) is 66.7 Å². The lowest BCUT2D eigenvalue weighted by molar-refractivity contribution is -0.0958. The zero-order valence-electron chi connectivity index (χ0n) is 20.0. The van der Waals surface area contributed by atoms with Crippen molar-refractivity contribution in [3.63, 3.8) is 0 Å². The number of hydrogen-bond acceptors (Lipinski definition) is 6. The van der Waals surface area contributed by atoms with Gasteiger partial charge in [0.2, 0.25) is 0 Å². The lowest BCUT2D eigenvalue weighted by Crippen LogP contribution is -2.02. The summed E-state index contributed by atoms with van der Waals surface area (Å²) < 4.78 is 29.6. The van der Waals surface area contributed by atoms with Gasteiger partial charge in [-0.25, -0.2) is 0 Å². The third-order valence-electron chi connectivity index (χ3n) is 5.03. The van der Waals surface area contributed by atoms with Crippen LogP contribution >= 0.6 is 17.0 Å². The van der Waals surface area contributed by atoms with Crippen LogP contribution < -0.4 is 23.0 Å². The molecule has 1 unspecified atom stereocenters. The summed E-state index contributed by atoms with van der Waals surface area (Å²) in [4.78, 5) is 5.35. The number of fused-ring (bicyclic) bond motifs is 1. The monoisotopic (exact) mass is 530 g/mol. The zero-order valence-corrected chi connectivity index (χ0v) is 21.8. The first-order chi connectivity index (χ1) is 18.2. The predicted molar refractivity (Wildman–Crippen MR) is 147 cm³/mol. The zero-order chi connectivity index (χ0) is 25.3. The molecule has 0 fully saturated rings. The van der Waals surface area contributed by atoms with Crippen LogP contribution in [0.4, 0.5) is 0 Å². The molecular formula is C29H24O6P2. The van der Waals surface area contributed by atoms with Crippen molar-refractivity contribution < 1.29 is 27.7 Å². The van der Waals surface area contributed by atoms with Gasteiger partial charge in [-0.2, -0.15) is 0 Å². The van der Waals surface area contributed by atoms with Crippen LogP contribution in [0, 0.1) is 0 Å². The maximum Gasteiger partial charge on any atom is 0.530 e. The first kappa shape index (κ1) is 24.9. The molecule has 0 saturated carbocycles. The molecule has 0 bridgehead atoms. The van der Waals surface area contributed by atoms with E-state index in [4.69, 9.17) is 27.7 Å². The summed E-state index contributed by atoms with van der Waals surface area (Å²) >= 11 is 0. The molecule has 0 aliphatic carbocycles. The maximum absolute atomic E-state index is 6.18. The van der Waals surface area contributed by atoms with Crippen LogP contribution in [0.5, 0.6) is 28.7 Å². The lowest BCUT2D eigenvalue weighted by Gasteiger charge is -2.18. The minimum Gasteiger partial charge on any atom is -0.445 e. The molecule has 8 heteroatoms. The molecule has 0 saturated heterocycles. The summed E-state index contributed by atoms with van der Waals surface area (Å²) in [6, 6.07) is 39.9. The summed E-state index contributed by atoms with van der Waals surface area (Å²) in [6.07, 6.45) is 0. The van der Waals surface area contributed by atoms with Gasteiger partial charge in [0.15, 0.2) is 5.75 Å². The van der Waals surface area contributed by atoms with Gasteiger partial charge in [-0.05, 0) is 71.4 Å². The van der Waals surface area contributed by atoms with Crippen molar-refractivity contribution in [2.45, 2.75) is 0 Å². The van der Waals surface area contributed by atoms with Crippen LogP contribution in [0.1, 0.15) is 0 Å². The highest BCUT2D eigenvalue weighted by molar-refractivity contribution is 7.46. The molecule has 0 spiro atoms. The van der Waals surface area contributed by atoms with E-state index in [1.165, 1.54) is 0 Å². The van der Waals surface area contributed by atoms with Crippen molar-refractivity contribution >= 4 is 27.8 Å². The molecule has 0 aromatic heterocycles. The van der Waals surface area contributed by atoms with Crippen LogP contribution in [0.2, 0.25) is 0 Å². The van der Waals surface area contributed by atoms with E-state index in [9.17, 15) is 0 Å². The maximum atomic E-state index is 6.18. The Labute approximate surface area is 218 Å². The van der Waals surface area contributed by atoms with Crippen LogP contribution in [0.25, 0.3) is 10.8 Å². The van der Waals surface area contributed by atoms with Crippen LogP contribution in [-0.2, 0) is 4.67 Å². The largest absolute Gasteiger partial charge is 0.530 e. The number of rotatable bonds is 11. The Kier molecular flexibility index (Phi) is 8.35. The minimum absolute atomic E-state index is 0.616. The molecule has 0 heterocycles. The molecule has 1 atom stereocenters. The normalized spacial score (nSPS) is 11.6. The van der Waals surface area contributed by atoms with E-state index < -0.39 is 17.0 Å². The Balaban J connectivity index is 1.29. The summed E-state index contributed by atoms with van der Waals surface area (Å²) in [5.41, 5.74) is 0. The number of hydrogen-bond donors (Lipinski definition) is 0. The summed E-state index contributed by atoms with van der Waals surface area (Å²) in [7, 11) is -3.06. The van der Waals surface area contributed by atoms with E-state index in [1.807, 2.05) is 134 Å². The van der Waals surface area contributed by atoms with Crippen molar-refractivity contribution in [2.75, 3.05) is 6.66 Å². The number of para-hydroxylation sites is 3. The molecule has 0 N–H and O–H groups in total. The summed E-state index contributed by atoms with van der Waals surface area (Å²) in [5, 5.41) is 1.98. The molecule has 0 amide bonds. The van der Waals surface area contributed by atoms with Gasteiger partial charge in [-0.3, -0.25) is 0 Å². The molecule has 0 radical (unpaired) electrons. The average molecular weight is 530 g/mol. The van der Waals surface area contributed by atoms with Crippen molar-refractivity contribution in [2.24, 2.45) is 0 Å². The Hall–Kier alpha value is -3.82. The van der Waals surface area contributed by atoms with Crippen LogP contribution in [0.3, 0.4) is 0 Å². The molecule has 0 aliphatic heterocycles. The first-order valence-corrected chi connectivity index (χ1v) is 14.2. The molecular weight excluding hydrogens is 506 g/mol. The van der Waals surface area contributed by atoms with Crippen LogP contribution in [-0.4, -0.2) is 6.66 Å². The third kappa shape index (κ3) is 7.34. The fraction of sp³-hybridized carbons (Fsp3) is 0.0345. The molecule has 0 aliphatic rings. The van der Waals surface area contributed by atoms with E-state index in [0.717, 1.165) is 10.8 Å². The van der Waals surface area contributed by atoms with Crippen LogP contribution in [0.15, 0.2) is 127 Å². The van der Waals surface area contributed by atoms with Crippen molar-refractivity contribution in [1.82, 2.24) is 0 Å². The van der Waals surface area contributed by atoms with Gasteiger partial charge in [0, 0.05) is 6.66 Å². The minimum atomic E-state index is -1.76. The van der Waals surface area contributed by atoms with E-state index in [-0.39, 0.29) is 0 Å². The molecule has 5 aromatic rings. The topological polar surface area (TPSA) is 55.4 Å². The van der Waals surface area contributed by atoms with Gasteiger partial charge in [0.05, 0.1) is 0 Å².